The summed E-state index contributed by atoms with van der Waals surface area (Å²) in [5.41, 5.74) is 0. The van der Waals surface area contributed by atoms with Gasteiger partial charge in [0.05, 0.1) is 0 Å². The third-order valence-corrected chi connectivity index (χ3v) is 3.36. The summed E-state index contributed by atoms with van der Waals surface area (Å²) in [5, 5.41) is 4.46. The van der Waals surface area contributed by atoms with Crippen molar-refractivity contribution < 1.29 is 0 Å². The van der Waals surface area contributed by atoms with Gasteiger partial charge in [0.15, 0.2) is 0 Å². The van der Waals surface area contributed by atoms with Crippen molar-refractivity contribution in [2.24, 2.45) is 5.92 Å². The molecule has 0 aromatic carbocycles. The molecule has 1 saturated carbocycles. The van der Waals surface area contributed by atoms with Gasteiger partial charge in [-0.1, -0.05) is 20.3 Å². The van der Waals surface area contributed by atoms with Crippen LogP contribution in [0.2, 0.25) is 0 Å². The first kappa shape index (κ1) is 9.90. The lowest BCUT2D eigenvalue weighted by Gasteiger charge is -1.98. The quantitative estimate of drug-likeness (QED) is 0.813. The monoisotopic (exact) mass is 211 g/mol. The van der Waals surface area contributed by atoms with E-state index in [4.69, 9.17) is 0 Å². The van der Waals surface area contributed by atoms with Crippen LogP contribution in [0.5, 0.6) is 0 Å². The van der Waals surface area contributed by atoms with Crippen LogP contribution in [0.15, 0.2) is 0 Å². The molecule has 1 N–H and O–H groups in total. The number of hydrogen-bond donors (Lipinski definition) is 1. The second-order valence-corrected chi connectivity index (χ2v) is 4.66. The lowest BCUT2D eigenvalue weighted by Crippen LogP contribution is -2.04. The molecule has 2 atom stereocenters. The Morgan fingerprint density at radius 3 is 3.00 bits per heavy atom. The molecule has 4 heteroatoms. The van der Waals surface area contributed by atoms with Gasteiger partial charge in [0, 0.05) is 24.0 Å². The molecule has 0 bridgehead atoms. The summed E-state index contributed by atoms with van der Waals surface area (Å²) >= 11 is 1.49. The molecular weight excluding hydrogens is 194 g/mol. The standard InChI is InChI=1S/C10H17N3S/c1-3-5-7-6-8(7)11-10-12-9(4-2)13-14-10/h7-8H,3-6H2,1-2H3,(H,11,12,13). The first-order valence-corrected chi connectivity index (χ1v) is 6.20. The molecular formula is C10H17N3S. The fourth-order valence-corrected chi connectivity index (χ4v) is 2.44. The molecule has 14 heavy (non-hydrogen) atoms. The summed E-state index contributed by atoms with van der Waals surface area (Å²) < 4.78 is 4.25. The van der Waals surface area contributed by atoms with Gasteiger partial charge < -0.3 is 5.32 Å². The molecule has 2 rings (SSSR count). The summed E-state index contributed by atoms with van der Waals surface area (Å²) in [6.45, 7) is 4.33. The fraction of sp³-hybridized carbons (Fsp3) is 0.800. The van der Waals surface area contributed by atoms with E-state index >= 15 is 0 Å². The molecule has 0 radical (unpaired) electrons. The summed E-state index contributed by atoms with van der Waals surface area (Å²) in [7, 11) is 0. The van der Waals surface area contributed by atoms with Crippen molar-refractivity contribution in [3.63, 3.8) is 0 Å². The number of aromatic nitrogens is 2. The van der Waals surface area contributed by atoms with E-state index in [2.05, 4.69) is 28.5 Å². The molecule has 1 heterocycles. The summed E-state index contributed by atoms with van der Waals surface area (Å²) in [6, 6.07) is 0.674. The van der Waals surface area contributed by atoms with Crippen molar-refractivity contribution in [3.05, 3.63) is 5.82 Å². The van der Waals surface area contributed by atoms with Gasteiger partial charge in [-0.3, -0.25) is 0 Å². The zero-order valence-corrected chi connectivity index (χ0v) is 9.60. The van der Waals surface area contributed by atoms with Crippen LogP contribution in [0, 0.1) is 5.92 Å². The van der Waals surface area contributed by atoms with Gasteiger partial charge in [-0.2, -0.15) is 4.37 Å². The Hall–Kier alpha value is -0.640. The first-order chi connectivity index (χ1) is 6.83. The highest BCUT2D eigenvalue weighted by Gasteiger charge is 2.36. The predicted octanol–water partition coefficient (Wildman–Crippen LogP) is 2.70. The Morgan fingerprint density at radius 1 is 1.50 bits per heavy atom. The van der Waals surface area contributed by atoms with Gasteiger partial charge >= 0.3 is 0 Å². The van der Waals surface area contributed by atoms with Crippen molar-refractivity contribution in [2.75, 3.05) is 5.32 Å². The molecule has 0 aliphatic heterocycles. The van der Waals surface area contributed by atoms with Crippen LogP contribution >= 0.6 is 11.5 Å². The van der Waals surface area contributed by atoms with Crippen LogP contribution in [0.4, 0.5) is 5.13 Å². The van der Waals surface area contributed by atoms with Crippen molar-refractivity contribution in [3.8, 4) is 0 Å². The number of rotatable bonds is 5. The number of nitrogens with one attached hydrogen (secondary N) is 1. The average Bonchev–Trinajstić information content (AvgIpc) is 2.76. The predicted molar refractivity (Wildman–Crippen MR) is 59.7 cm³/mol. The second-order valence-electron chi connectivity index (χ2n) is 3.90. The van der Waals surface area contributed by atoms with Gasteiger partial charge in [-0.15, -0.1) is 0 Å². The maximum absolute atomic E-state index is 4.40. The summed E-state index contributed by atoms with van der Waals surface area (Å²) in [6.07, 6.45) is 4.88. The van der Waals surface area contributed by atoms with E-state index in [1.807, 2.05) is 0 Å². The fourth-order valence-electron chi connectivity index (χ4n) is 1.73. The minimum absolute atomic E-state index is 0.674. The van der Waals surface area contributed by atoms with Crippen LogP contribution in [0.3, 0.4) is 0 Å². The smallest absolute Gasteiger partial charge is 0.202 e. The molecule has 1 aliphatic carbocycles. The molecule has 1 aliphatic rings. The number of anilines is 1. The maximum atomic E-state index is 4.40. The van der Waals surface area contributed by atoms with Gasteiger partial charge in [0.25, 0.3) is 0 Å². The van der Waals surface area contributed by atoms with Crippen molar-refractivity contribution in [1.29, 1.82) is 0 Å². The minimum atomic E-state index is 0.674. The highest BCUT2D eigenvalue weighted by molar-refractivity contribution is 7.09. The van der Waals surface area contributed by atoms with Crippen molar-refractivity contribution in [2.45, 2.75) is 45.6 Å². The van der Waals surface area contributed by atoms with E-state index in [1.165, 1.54) is 30.8 Å². The van der Waals surface area contributed by atoms with E-state index in [0.717, 1.165) is 23.3 Å². The lowest BCUT2D eigenvalue weighted by molar-refractivity contribution is 0.692. The van der Waals surface area contributed by atoms with Crippen LogP contribution in [-0.4, -0.2) is 15.4 Å². The number of aryl methyl sites for hydroxylation is 1. The second kappa shape index (κ2) is 4.26. The molecule has 1 fully saturated rings. The molecule has 0 spiro atoms. The molecule has 3 nitrogen and oxygen atoms in total. The Balaban J connectivity index is 1.81. The Morgan fingerprint density at radius 2 is 2.36 bits per heavy atom. The van der Waals surface area contributed by atoms with Crippen LogP contribution in [0.25, 0.3) is 0 Å². The van der Waals surface area contributed by atoms with E-state index in [1.54, 1.807) is 0 Å². The van der Waals surface area contributed by atoms with Crippen molar-refractivity contribution in [1.82, 2.24) is 9.36 Å². The van der Waals surface area contributed by atoms with Crippen LogP contribution in [-0.2, 0) is 6.42 Å². The summed E-state index contributed by atoms with van der Waals surface area (Å²) in [4.78, 5) is 4.40. The van der Waals surface area contributed by atoms with E-state index in [0.29, 0.717) is 6.04 Å². The summed E-state index contributed by atoms with van der Waals surface area (Å²) in [5.74, 6) is 1.85. The van der Waals surface area contributed by atoms with Crippen molar-refractivity contribution >= 4 is 16.7 Å². The lowest BCUT2D eigenvalue weighted by atomic mass is 10.2. The minimum Gasteiger partial charge on any atom is -0.357 e. The van der Waals surface area contributed by atoms with E-state index in [9.17, 15) is 0 Å². The van der Waals surface area contributed by atoms with E-state index in [-0.39, 0.29) is 0 Å². The Bertz CT molecular complexity index is 297. The largest absolute Gasteiger partial charge is 0.357 e. The number of nitrogens with zero attached hydrogens (tertiary/aromatic N) is 2. The number of hydrogen-bond acceptors (Lipinski definition) is 4. The van der Waals surface area contributed by atoms with Gasteiger partial charge in [0.1, 0.15) is 5.82 Å². The van der Waals surface area contributed by atoms with Crippen LogP contribution < -0.4 is 5.32 Å². The third-order valence-electron chi connectivity index (χ3n) is 2.68. The Kier molecular flexibility index (Phi) is 3.01. The van der Waals surface area contributed by atoms with Crippen LogP contribution in [0.1, 0.15) is 38.9 Å². The zero-order valence-electron chi connectivity index (χ0n) is 8.79. The molecule has 0 amide bonds. The average molecular weight is 211 g/mol. The highest BCUT2D eigenvalue weighted by Crippen LogP contribution is 2.37. The van der Waals surface area contributed by atoms with Gasteiger partial charge in [-0.25, -0.2) is 4.98 Å². The van der Waals surface area contributed by atoms with Gasteiger partial charge in [-0.05, 0) is 18.8 Å². The van der Waals surface area contributed by atoms with E-state index < -0.39 is 0 Å². The molecule has 2 unspecified atom stereocenters. The molecule has 1 aromatic heterocycles. The molecule has 78 valence electrons. The molecule has 0 saturated heterocycles. The highest BCUT2D eigenvalue weighted by atomic mass is 32.1. The Labute approximate surface area is 89.1 Å². The third kappa shape index (κ3) is 2.23. The normalized spacial score (nSPS) is 25.0. The van der Waals surface area contributed by atoms with Gasteiger partial charge in [0.2, 0.25) is 5.13 Å². The first-order valence-electron chi connectivity index (χ1n) is 5.42. The zero-order chi connectivity index (χ0) is 9.97. The topological polar surface area (TPSA) is 37.8 Å². The molecule has 1 aromatic rings. The SMILES string of the molecule is CCCC1CC1Nc1nc(CC)ns1. The maximum Gasteiger partial charge on any atom is 0.202 e.